The molecule has 2 N–H and O–H groups in total. The number of nitrogens with one attached hydrogen (secondary N) is 2. The van der Waals surface area contributed by atoms with Crippen molar-refractivity contribution < 1.29 is 8.42 Å². The number of hydrogen-bond donors (Lipinski definition) is 2. The van der Waals surface area contributed by atoms with E-state index in [1.807, 2.05) is 18.2 Å². The number of rotatable bonds is 4. The number of sulfonamides is 1. The topological polar surface area (TPSA) is 74.8 Å². The molecule has 22 heavy (non-hydrogen) atoms. The zero-order valence-electron chi connectivity index (χ0n) is 11.3. The Labute approximate surface area is 133 Å². The number of halogens is 1. The number of aromatic nitrogens is 2. The molecular weight excluding hydrogens is 322 g/mol. The second-order valence-corrected chi connectivity index (χ2v) is 6.73. The molecule has 0 radical (unpaired) electrons. The maximum absolute atomic E-state index is 12.3. The Hall–Kier alpha value is -2.31. The van der Waals surface area contributed by atoms with Crippen LogP contribution in [0.4, 0.5) is 5.69 Å². The van der Waals surface area contributed by atoms with Crippen LogP contribution in [0.5, 0.6) is 0 Å². The van der Waals surface area contributed by atoms with Crippen molar-refractivity contribution in [1.82, 2.24) is 10.2 Å². The molecule has 3 aromatic rings. The molecule has 0 atom stereocenters. The van der Waals surface area contributed by atoms with Crippen molar-refractivity contribution in [2.75, 3.05) is 4.72 Å². The summed E-state index contributed by atoms with van der Waals surface area (Å²) in [6.45, 7) is 0. The van der Waals surface area contributed by atoms with E-state index >= 15 is 0 Å². The van der Waals surface area contributed by atoms with Crippen LogP contribution in [0.15, 0.2) is 65.7 Å². The molecule has 0 aliphatic heterocycles. The van der Waals surface area contributed by atoms with E-state index in [0.29, 0.717) is 10.7 Å². The van der Waals surface area contributed by atoms with E-state index in [-0.39, 0.29) is 4.90 Å². The van der Waals surface area contributed by atoms with Gasteiger partial charge in [-0.3, -0.25) is 9.82 Å². The second kappa shape index (κ2) is 5.82. The number of nitrogens with zero attached hydrogens (tertiary/aromatic N) is 1. The average molecular weight is 334 g/mol. The van der Waals surface area contributed by atoms with Crippen molar-refractivity contribution in [1.29, 1.82) is 0 Å². The molecule has 0 bridgehead atoms. The van der Waals surface area contributed by atoms with Crippen LogP contribution in [0.25, 0.3) is 11.3 Å². The highest BCUT2D eigenvalue weighted by Crippen LogP contribution is 2.22. The molecule has 0 saturated carbocycles. The molecular formula is C15H12ClN3O2S. The van der Waals surface area contributed by atoms with Crippen LogP contribution < -0.4 is 4.72 Å². The van der Waals surface area contributed by atoms with Crippen molar-refractivity contribution >= 4 is 27.3 Å². The highest BCUT2D eigenvalue weighted by Gasteiger charge is 2.14. The molecule has 1 heterocycles. The summed E-state index contributed by atoms with van der Waals surface area (Å²) in [6, 6.07) is 15.0. The first-order valence-electron chi connectivity index (χ1n) is 6.43. The highest BCUT2D eigenvalue weighted by atomic mass is 35.5. The van der Waals surface area contributed by atoms with Crippen molar-refractivity contribution in [3.63, 3.8) is 0 Å². The van der Waals surface area contributed by atoms with E-state index in [1.165, 1.54) is 12.1 Å². The quantitative estimate of drug-likeness (QED) is 0.767. The van der Waals surface area contributed by atoms with Gasteiger partial charge >= 0.3 is 0 Å². The Balaban J connectivity index is 1.84. The van der Waals surface area contributed by atoms with E-state index in [0.717, 1.165) is 11.3 Å². The lowest BCUT2D eigenvalue weighted by molar-refractivity contribution is 0.601. The predicted molar refractivity (Wildman–Crippen MR) is 86.3 cm³/mol. The molecule has 7 heteroatoms. The first-order valence-corrected chi connectivity index (χ1v) is 8.29. The van der Waals surface area contributed by atoms with Gasteiger partial charge in [0.1, 0.15) is 0 Å². The van der Waals surface area contributed by atoms with E-state index in [9.17, 15) is 8.42 Å². The third-order valence-corrected chi connectivity index (χ3v) is 4.67. The Bertz CT molecular complexity index is 875. The first kappa shape index (κ1) is 14.6. The molecule has 1 aromatic heterocycles. The van der Waals surface area contributed by atoms with Gasteiger partial charge in [-0.2, -0.15) is 5.10 Å². The number of anilines is 1. The number of H-pyrrole nitrogens is 1. The van der Waals surface area contributed by atoms with Crippen LogP contribution >= 0.6 is 11.6 Å². The fraction of sp³-hybridized carbons (Fsp3) is 0. The smallest absolute Gasteiger partial charge is 0.261 e. The van der Waals surface area contributed by atoms with Gasteiger partial charge in [0.25, 0.3) is 10.0 Å². The lowest BCUT2D eigenvalue weighted by atomic mass is 10.1. The van der Waals surface area contributed by atoms with Gasteiger partial charge in [0.15, 0.2) is 0 Å². The van der Waals surface area contributed by atoms with Gasteiger partial charge < -0.3 is 0 Å². The van der Waals surface area contributed by atoms with E-state index in [1.54, 1.807) is 30.5 Å². The Morgan fingerprint density at radius 2 is 1.82 bits per heavy atom. The summed E-state index contributed by atoms with van der Waals surface area (Å²) in [4.78, 5) is 0.123. The van der Waals surface area contributed by atoms with Crippen molar-refractivity contribution in [2.24, 2.45) is 0 Å². The Morgan fingerprint density at radius 3 is 2.45 bits per heavy atom. The summed E-state index contributed by atoms with van der Waals surface area (Å²) >= 11 is 5.83. The standard InChI is InChI=1S/C15H12ClN3O2S/c16-12-2-1-3-14(10-12)22(20,21)19-13-6-4-11(5-7-13)15-8-9-17-18-15/h1-10,19H,(H,17,18). The molecule has 0 aliphatic carbocycles. The zero-order valence-corrected chi connectivity index (χ0v) is 12.9. The summed E-state index contributed by atoms with van der Waals surface area (Å²) in [5.41, 5.74) is 2.26. The summed E-state index contributed by atoms with van der Waals surface area (Å²) in [6.07, 6.45) is 1.66. The maximum atomic E-state index is 12.3. The van der Waals surface area contributed by atoms with E-state index < -0.39 is 10.0 Å². The monoisotopic (exact) mass is 333 g/mol. The van der Waals surface area contributed by atoms with Gasteiger partial charge in [-0.25, -0.2) is 8.42 Å². The SMILES string of the molecule is O=S(=O)(Nc1ccc(-c2ccn[nH]2)cc1)c1cccc(Cl)c1. The number of aromatic amines is 1. The minimum Gasteiger partial charge on any atom is -0.280 e. The number of hydrogen-bond acceptors (Lipinski definition) is 3. The minimum atomic E-state index is -3.66. The van der Waals surface area contributed by atoms with Crippen molar-refractivity contribution in [3.8, 4) is 11.3 Å². The van der Waals surface area contributed by atoms with E-state index in [2.05, 4.69) is 14.9 Å². The maximum Gasteiger partial charge on any atom is 0.261 e. The van der Waals surface area contributed by atoms with E-state index in [4.69, 9.17) is 11.6 Å². The third kappa shape index (κ3) is 3.13. The Kier molecular flexibility index (Phi) is 3.87. The summed E-state index contributed by atoms with van der Waals surface area (Å²) in [7, 11) is -3.66. The highest BCUT2D eigenvalue weighted by molar-refractivity contribution is 7.92. The van der Waals surface area contributed by atoms with Crippen molar-refractivity contribution in [3.05, 3.63) is 65.8 Å². The fourth-order valence-corrected chi connectivity index (χ4v) is 3.34. The van der Waals surface area contributed by atoms with Gasteiger partial charge in [-0.15, -0.1) is 0 Å². The van der Waals surface area contributed by atoms with Crippen molar-refractivity contribution in [2.45, 2.75) is 4.90 Å². The zero-order chi connectivity index (χ0) is 15.6. The van der Waals surface area contributed by atoms with Crippen LogP contribution in [0, 0.1) is 0 Å². The molecule has 3 rings (SSSR count). The van der Waals surface area contributed by atoms with Crippen LogP contribution in [-0.4, -0.2) is 18.6 Å². The van der Waals surface area contributed by atoms with Gasteiger partial charge in [0, 0.05) is 16.9 Å². The molecule has 2 aromatic carbocycles. The molecule has 5 nitrogen and oxygen atoms in total. The summed E-state index contributed by atoms with van der Waals surface area (Å²) in [5, 5.41) is 7.10. The lowest BCUT2D eigenvalue weighted by Gasteiger charge is -2.09. The van der Waals surface area contributed by atoms with Gasteiger partial charge in [0.2, 0.25) is 0 Å². The molecule has 0 spiro atoms. The second-order valence-electron chi connectivity index (χ2n) is 4.61. The number of benzene rings is 2. The van der Waals surface area contributed by atoms with Crippen LogP contribution in [0.1, 0.15) is 0 Å². The third-order valence-electron chi connectivity index (χ3n) is 3.06. The summed E-state index contributed by atoms with van der Waals surface area (Å²) < 4.78 is 27.1. The van der Waals surface area contributed by atoms with Crippen LogP contribution in [-0.2, 0) is 10.0 Å². The molecule has 0 amide bonds. The largest absolute Gasteiger partial charge is 0.280 e. The lowest BCUT2D eigenvalue weighted by Crippen LogP contribution is -2.12. The first-order chi connectivity index (χ1) is 10.5. The van der Waals surface area contributed by atoms with Gasteiger partial charge in [-0.05, 0) is 42.0 Å². The van der Waals surface area contributed by atoms with Gasteiger partial charge in [-0.1, -0.05) is 29.8 Å². The molecule has 112 valence electrons. The average Bonchev–Trinajstić information content (AvgIpc) is 3.02. The Morgan fingerprint density at radius 1 is 1.05 bits per heavy atom. The minimum absolute atomic E-state index is 0.123. The fourth-order valence-electron chi connectivity index (χ4n) is 1.98. The molecule has 0 unspecified atom stereocenters. The van der Waals surface area contributed by atoms with Crippen LogP contribution in [0.2, 0.25) is 5.02 Å². The summed E-state index contributed by atoms with van der Waals surface area (Å²) in [5.74, 6) is 0. The normalized spacial score (nSPS) is 11.3. The predicted octanol–water partition coefficient (Wildman–Crippen LogP) is 3.53. The molecule has 0 fully saturated rings. The molecule has 0 aliphatic rings. The van der Waals surface area contributed by atoms with Crippen LogP contribution in [0.3, 0.4) is 0 Å². The molecule has 0 saturated heterocycles. The van der Waals surface area contributed by atoms with Gasteiger partial charge in [0.05, 0.1) is 10.6 Å².